The van der Waals surface area contributed by atoms with Crippen LogP contribution in [0, 0.1) is 5.92 Å². The number of aliphatic hydroxyl groups excluding tert-OH is 1. The highest BCUT2D eigenvalue weighted by atomic mass is 16.3. The van der Waals surface area contributed by atoms with E-state index in [1.807, 2.05) is 0 Å². The molecule has 1 aliphatic heterocycles. The largest absolute Gasteiger partial charge is 0.396 e. The molecule has 1 aliphatic rings. The molecule has 0 aliphatic carbocycles. The zero-order chi connectivity index (χ0) is 13.5. The minimum absolute atomic E-state index is 0.309. The van der Waals surface area contributed by atoms with Gasteiger partial charge in [-0.05, 0) is 37.4 Å². The van der Waals surface area contributed by atoms with Crippen LogP contribution in [0.25, 0.3) is 0 Å². The average Bonchev–Trinajstić information content (AvgIpc) is 2.48. The van der Waals surface area contributed by atoms with Gasteiger partial charge in [0.2, 0.25) is 0 Å². The first-order valence-corrected chi connectivity index (χ1v) is 7.73. The summed E-state index contributed by atoms with van der Waals surface area (Å²) in [5.74, 6) is 0.936. The fraction of sp³-hybridized carbons (Fsp3) is 0.647. The predicted octanol–water partition coefficient (Wildman–Crippen LogP) is 3.27. The van der Waals surface area contributed by atoms with Crippen LogP contribution < -0.4 is 0 Å². The van der Waals surface area contributed by atoms with E-state index in [2.05, 4.69) is 42.2 Å². The Labute approximate surface area is 117 Å². The third-order valence-electron chi connectivity index (χ3n) is 4.36. The van der Waals surface area contributed by atoms with Gasteiger partial charge in [-0.15, -0.1) is 0 Å². The Balaban J connectivity index is 1.91. The van der Waals surface area contributed by atoms with Crippen molar-refractivity contribution in [2.24, 2.45) is 5.92 Å². The predicted molar refractivity (Wildman–Crippen MR) is 80.3 cm³/mol. The molecule has 0 unspecified atom stereocenters. The molecule has 0 saturated carbocycles. The van der Waals surface area contributed by atoms with E-state index in [0.717, 1.165) is 6.54 Å². The quantitative estimate of drug-likeness (QED) is 0.794. The molecule has 1 aromatic carbocycles. The summed E-state index contributed by atoms with van der Waals surface area (Å²) in [6.45, 7) is 5.99. The van der Waals surface area contributed by atoms with E-state index in [4.69, 9.17) is 0 Å². The number of likely N-dealkylation sites (tertiary alicyclic amines) is 1. The van der Waals surface area contributed by atoms with Gasteiger partial charge in [0.05, 0.1) is 0 Å². The molecule has 1 heterocycles. The normalized spacial score (nSPS) is 24.5. The van der Waals surface area contributed by atoms with Crippen LogP contribution in [0.1, 0.15) is 44.1 Å². The topological polar surface area (TPSA) is 23.5 Å². The first-order valence-electron chi connectivity index (χ1n) is 7.73. The zero-order valence-corrected chi connectivity index (χ0v) is 12.1. The van der Waals surface area contributed by atoms with Gasteiger partial charge in [0, 0.05) is 19.1 Å². The molecule has 0 amide bonds. The molecular weight excluding hydrogens is 234 g/mol. The van der Waals surface area contributed by atoms with Crippen LogP contribution in [0.2, 0.25) is 0 Å². The molecule has 106 valence electrons. The van der Waals surface area contributed by atoms with Crippen LogP contribution in [0.3, 0.4) is 0 Å². The van der Waals surface area contributed by atoms with Crippen LogP contribution in [0.5, 0.6) is 0 Å². The van der Waals surface area contributed by atoms with Gasteiger partial charge in [-0.1, -0.05) is 50.1 Å². The standard InChI is InChI=1S/C17H27NO/c1-2-3-7-11-18-12-10-17(16(13-18)14-19)15-8-5-4-6-9-15/h4-6,8-9,16-17,19H,2-3,7,10-14H2,1H3/t16-,17-/m0/s1. The Kier molecular flexibility index (Phi) is 5.87. The molecule has 2 rings (SSSR count). The summed E-state index contributed by atoms with van der Waals surface area (Å²) in [5.41, 5.74) is 1.40. The summed E-state index contributed by atoms with van der Waals surface area (Å²) in [6.07, 6.45) is 5.08. The van der Waals surface area contributed by atoms with Crippen molar-refractivity contribution in [3.63, 3.8) is 0 Å². The van der Waals surface area contributed by atoms with Gasteiger partial charge in [0.1, 0.15) is 0 Å². The Hall–Kier alpha value is -0.860. The summed E-state index contributed by atoms with van der Waals surface area (Å²) in [5, 5.41) is 9.69. The summed E-state index contributed by atoms with van der Waals surface area (Å²) in [4.78, 5) is 2.54. The number of rotatable bonds is 6. The number of benzene rings is 1. The Morgan fingerprint density at radius 1 is 1.21 bits per heavy atom. The highest BCUT2D eigenvalue weighted by Gasteiger charge is 2.29. The average molecular weight is 261 g/mol. The third-order valence-corrected chi connectivity index (χ3v) is 4.36. The van der Waals surface area contributed by atoms with Gasteiger partial charge < -0.3 is 10.0 Å². The van der Waals surface area contributed by atoms with Crippen molar-refractivity contribution >= 4 is 0 Å². The fourth-order valence-corrected chi connectivity index (χ4v) is 3.22. The smallest absolute Gasteiger partial charge is 0.0477 e. The maximum absolute atomic E-state index is 9.69. The number of nitrogens with zero attached hydrogens (tertiary/aromatic N) is 1. The second-order valence-corrected chi connectivity index (χ2v) is 5.76. The molecule has 2 atom stereocenters. The van der Waals surface area contributed by atoms with Gasteiger partial charge in [0.15, 0.2) is 0 Å². The van der Waals surface area contributed by atoms with Gasteiger partial charge in [-0.25, -0.2) is 0 Å². The first kappa shape index (κ1) is 14.5. The molecule has 2 heteroatoms. The first-order chi connectivity index (χ1) is 9.35. The van der Waals surface area contributed by atoms with Crippen molar-refractivity contribution in [1.82, 2.24) is 4.90 Å². The molecule has 1 saturated heterocycles. The van der Waals surface area contributed by atoms with Crippen molar-refractivity contribution in [1.29, 1.82) is 0 Å². The minimum Gasteiger partial charge on any atom is -0.396 e. The Bertz CT molecular complexity index is 352. The van der Waals surface area contributed by atoms with Gasteiger partial charge >= 0.3 is 0 Å². The second kappa shape index (κ2) is 7.66. The molecule has 0 aromatic heterocycles. The molecular formula is C17H27NO. The summed E-state index contributed by atoms with van der Waals surface area (Å²) >= 11 is 0. The van der Waals surface area contributed by atoms with Crippen LogP contribution in [-0.4, -0.2) is 36.2 Å². The van der Waals surface area contributed by atoms with Crippen molar-refractivity contribution < 1.29 is 5.11 Å². The molecule has 1 aromatic rings. The molecule has 0 radical (unpaired) electrons. The van der Waals surface area contributed by atoms with E-state index in [1.54, 1.807) is 0 Å². The third kappa shape index (κ3) is 4.05. The van der Waals surface area contributed by atoms with E-state index < -0.39 is 0 Å². The lowest BCUT2D eigenvalue weighted by Gasteiger charge is -2.38. The summed E-state index contributed by atoms with van der Waals surface area (Å²) in [6, 6.07) is 10.7. The Morgan fingerprint density at radius 2 is 2.00 bits per heavy atom. The zero-order valence-electron chi connectivity index (χ0n) is 12.1. The molecule has 1 fully saturated rings. The summed E-state index contributed by atoms with van der Waals surface area (Å²) in [7, 11) is 0. The number of hydrogen-bond acceptors (Lipinski definition) is 2. The number of aliphatic hydroxyl groups is 1. The van der Waals surface area contributed by atoms with Crippen molar-refractivity contribution in [3.8, 4) is 0 Å². The minimum atomic E-state index is 0.309. The van der Waals surface area contributed by atoms with Crippen molar-refractivity contribution in [2.75, 3.05) is 26.2 Å². The lowest BCUT2D eigenvalue weighted by molar-refractivity contribution is 0.101. The van der Waals surface area contributed by atoms with Crippen LogP contribution in [-0.2, 0) is 0 Å². The molecule has 0 bridgehead atoms. The monoisotopic (exact) mass is 261 g/mol. The van der Waals surface area contributed by atoms with Crippen LogP contribution in [0.15, 0.2) is 30.3 Å². The SMILES string of the molecule is CCCCCN1CC[C@@H](c2ccccc2)[C@H](CO)C1. The van der Waals surface area contributed by atoms with Gasteiger partial charge in [-0.2, -0.15) is 0 Å². The van der Waals surface area contributed by atoms with Crippen LogP contribution in [0.4, 0.5) is 0 Å². The summed E-state index contributed by atoms with van der Waals surface area (Å²) < 4.78 is 0. The van der Waals surface area contributed by atoms with E-state index in [0.29, 0.717) is 18.4 Å². The molecule has 1 N–H and O–H groups in total. The molecule has 2 nitrogen and oxygen atoms in total. The lowest BCUT2D eigenvalue weighted by Crippen LogP contribution is -2.41. The van der Waals surface area contributed by atoms with Gasteiger partial charge in [-0.3, -0.25) is 0 Å². The number of hydrogen-bond donors (Lipinski definition) is 1. The highest BCUT2D eigenvalue weighted by molar-refractivity contribution is 5.21. The fourth-order valence-electron chi connectivity index (χ4n) is 3.22. The van der Waals surface area contributed by atoms with E-state index in [1.165, 1.54) is 44.3 Å². The lowest BCUT2D eigenvalue weighted by atomic mass is 9.81. The van der Waals surface area contributed by atoms with Crippen molar-refractivity contribution in [3.05, 3.63) is 35.9 Å². The van der Waals surface area contributed by atoms with E-state index >= 15 is 0 Å². The van der Waals surface area contributed by atoms with Crippen LogP contribution >= 0.6 is 0 Å². The van der Waals surface area contributed by atoms with Gasteiger partial charge in [0.25, 0.3) is 0 Å². The maximum Gasteiger partial charge on any atom is 0.0477 e. The molecule has 0 spiro atoms. The van der Waals surface area contributed by atoms with Crippen molar-refractivity contribution in [2.45, 2.75) is 38.5 Å². The Morgan fingerprint density at radius 3 is 2.68 bits per heavy atom. The van der Waals surface area contributed by atoms with E-state index in [-0.39, 0.29) is 0 Å². The number of piperidine rings is 1. The highest BCUT2D eigenvalue weighted by Crippen LogP contribution is 2.32. The maximum atomic E-state index is 9.69. The number of unbranched alkanes of at least 4 members (excludes halogenated alkanes) is 2. The molecule has 19 heavy (non-hydrogen) atoms. The van der Waals surface area contributed by atoms with E-state index in [9.17, 15) is 5.11 Å². The second-order valence-electron chi connectivity index (χ2n) is 5.76.